The van der Waals surface area contributed by atoms with Crippen molar-refractivity contribution in [1.82, 2.24) is 9.13 Å². The first-order valence-corrected chi connectivity index (χ1v) is 16.5. The smallest absolute Gasteiger partial charge is 0.0537 e. The van der Waals surface area contributed by atoms with Crippen LogP contribution in [0.4, 0.5) is 0 Å². The molecule has 2 nitrogen and oxygen atoms in total. The van der Waals surface area contributed by atoms with E-state index in [1.807, 2.05) is 13.8 Å². The summed E-state index contributed by atoms with van der Waals surface area (Å²) in [6, 6.07) is 31.4. The number of benzene rings is 4. The Hall–Kier alpha value is -5.08. The van der Waals surface area contributed by atoms with Crippen molar-refractivity contribution in [3.63, 3.8) is 0 Å². The molecule has 2 heteroatoms. The molecule has 0 saturated heterocycles. The summed E-state index contributed by atoms with van der Waals surface area (Å²) in [6.07, 6.45) is 15.4. The second-order valence-electron chi connectivity index (χ2n) is 11.4. The molecule has 2 aromatic heterocycles. The van der Waals surface area contributed by atoms with Crippen molar-refractivity contribution in [2.75, 3.05) is 0 Å². The Balaban J connectivity index is 0.00000100. The molecule has 4 aromatic carbocycles. The Morgan fingerprint density at radius 1 is 0.674 bits per heavy atom. The lowest BCUT2D eigenvalue weighted by Crippen LogP contribution is -2.01. The van der Waals surface area contributed by atoms with Crippen LogP contribution in [-0.2, 0) is 6.42 Å². The minimum Gasteiger partial charge on any atom is -0.313 e. The predicted molar refractivity (Wildman–Crippen MR) is 204 cm³/mol. The van der Waals surface area contributed by atoms with Gasteiger partial charge in [-0.25, -0.2) is 0 Å². The number of aryl methyl sites for hydroxylation is 3. The van der Waals surface area contributed by atoms with Crippen LogP contribution in [0, 0.1) is 20.8 Å². The van der Waals surface area contributed by atoms with Gasteiger partial charge in [0.15, 0.2) is 0 Å². The lowest BCUT2D eigenvalue weighted by Gasteiger charge is -2.16. The van der Waals surface area contributed by atoms with Crippen LogP contribution in [-0.4, -0.2) is 9.13 Å². The zero-order chi connectivity index (χ0) is 32.8. The third kappa shape index (κ3) is 5.72. The van der Waals surface area contributed by atoms with Crippen LogP contribution in [0.25, 0.3) is 56.5 Å². The number of para-hydroxylation sites is 2. The Bertz CT molecular complexity index is 2090. The number of allylic oxidation sites excluding steroid dienone is 4. The average molecular weight is 603 g/mol. The number of aromatic nitrogens is 2. The maximum atomic E-state index is 3.00. The van der Waals surface area contributed by atoms with Crippen molar-refractivity contribution in [2.24, 2.45) is 0 Å². The standard InChI is InChI=1S/C40H36N2.C2H6.C2H4/c1-5-14-34-29(4)41(38-19-12-10-16-35(34)38)30-21-23-32(27(2)25-30)33-24-22-31(26-28(33)3)42-39-18-9-7-6-8-15-36(39)37-17-11-13-20-40(37)42;2*1-2/h5-7,9-14,16-26H,8,15H2,1-4H3;1-2H3;1-2H2/b7-6-,14-5-,18-9-;;. The largest absolute Gasteiger partial charge is 0.313 e. The highest BCUT2D eigenvalue weighted by Gasteiger charge is 2.18. The highest BCUT2D eigenvalue weighted by molar-refractivity contribution is 5.93. The van der Waals surface area contributed by atoms with E-state index < -0.39 is 0 Å². The number of rotatable bonds is 4. The molecule has 0 N–H and O–H groups in total. The first-order chi connectivity index (χ1) is 22.6. The molecule has 0 bridgehead atoms. The summed E-state index contributed by atoms with van der Waals surface area (Å²) in [5.74, 6) is 0. The van der Waals surface area contributed by atoms with E-state index in [-0.39, 0.29) is 0 Å². The van der Waals surface area contributed by atoms with Crippen molar-refractivity contribution in [3.05, 3.63) is 156 Å². The second-order valence-corrected chi connectivity index (χ2v) is 11.4. The Morgan fingerprint density at radius 2 is 1.24 bits per heavy atom. The number of fused-ring (bicyclic) bond motifs is 4. The van der Waals surface area contributed by atoms with E-state index in [1.54, 1.807) is 0 Å². The zero-order valence-electron chi connectivity index (χ0n) is 28.3. The van der Waals surface area contributed by atoms with E-state index in [2.05, 4.69) is 171 Å². The van der Waals surface area contributed by atoms with Crippen LogP contribution in [0.5, 0.6) is 0 Å². The molecule has 1 aliphatic carbocycles. The summed E-state index contributed by atoms with van der Waals surface area (Å²) in [6.45, 7) is 18.8. The molecular formula is C44H46N2. The van der Waals surface area contributed by atoms with Gasteiger partial charge < -0.3 is 9.13 Å². The quantitative estimate of drug-likeness (QED) is 0.178. The maximum Gasteiger partial charge on any atom is 0.0537 e. The monoisotopic (exact) mass is 602 g/mol. The molecule has 0 atom stereocenters. The molecule has 7 rings (SSSR count). The van der Waals surface area contributed by atoms with Crippen LogP contribution >= 0.6 is 0 Å². The van der Waals surface area contributed by atoms with Gasteiger partial charge in [0.1, 0.15) is 0 Å². The molecule has 0 spiro atoms. The lowest BCUT2D eigenvalue weighted by molar-refractivity contribution is 0.983. The van der Waals surface area contributed by atoms with Crippen LogP contribution in [0.15, 0.2) is 122 Å². The molecule has 0 amide bonds. The summed E-state index contributed by atoms with van der Waals surface area (Å²) < 4.78 is 4.83. The van der Waals surface area contributed by atoms with Gasteiger partial charge in [-0.15, -0.1) is 13.2 Å². The topological polar surface area (TPSA) is 9.86 Å². The van der Waals surface area contributed by atoms with Gasteiger partial charge in [0, 0.05) is 33.4 Å². The van der Waals surface area contributed by atoms with Crippen molar-refractivity contribution in [1.29, 1.82) is 0 Å². The summed E-state index contributed by atoms with van der Waals surface area (Å²) in [7, 11) is 0. The number of hydrogen-bond donors (Lipinski definition) is 0. The zero-order valence-corrected chi connectivity index (χ0v) is 28.3. The molecule has 0 unspecified atom stereocenters. The van der Waals surface area contributed by atoms with E-state index >= 15 is 0 Å². The SMILES string of the molecule is C/C=C\c1c(C)n(-c2ccc(-c3ccc(-n4c5c(c6ccccc64)CC/C=C\C=C/5)cc3C)c(C)c2)c2ccccc12.C=C.CC. The Labute approximate surface area is 275 Å². The van der Waals surface area contributed by atoms with E-state index in [4.69, 9.17) is 0 Å². The number of nitrogens with zero attached hydrogens (tertiary/aromatic N) is 2. The summed E-state index contributed by atoms with van der Waals surface area (Å²) in [5, 5.41) is 2.64. The van der Waals surface area contributed by atoms with Gasteiger partial charge in [-0.05, 0) is 111 Å². The van der Waals surface area contributed by atoms with Crippen LogP contribution in [0.1, 0.15) is 60.8 Å². The van der Waals surface area contributed by atoms with Crippen LogP contribution < -0.4 is 0 Å². The van der Waals surface area contributed by atoms with Crippen molar-refractivity contribution in [3.8, 4) is 22.5 Å². The Kier molecular flexibility index (Phi) is 10.1. The fraction of sp³-hybridized carbons (Fsp3) is 0.182. The van der Waals surface area contributed by atoms with E-state index in [0.29, 0.717) is 0 Å². The third-order valence-corrected chi connectivity index (χ3v) is 8.80. The minimum absolute atomic E-state index is 1.05. The normalized spacial score (nSPS) is 13.7. The van der Waals surface area contributed by atoms with Gasteiger partial charge in [-0.3, -0.25) is 0 Å². The maximum absolute atomic E-state index is 3.00. The number of hydrogen-bond acceptors (Lipinski definition) is 0. The molecule has 46 heavy (non-hydrogen) atoms. The molecule has 232 valence electrons. The second kappa shape index (κ2) is 14.3. The summed E-state index contributed by atoms with van der Waals surface area (Å²) in [5.41, 5.74) is 15.3. The fourth-order valence-electron chi connectivity index (χ4n) is 6.87. The van der Waals surface area contributed by atoms with Crippen molar-refractivity contribution < 1.29 is 0 Å². The van der Waals surface area contributed by atoms with E-state index in [9.17, 15) is 0 Å². The van der Waals surface area contributed by atoms with Gasteiger partial charge in [0.2, 0.25) is 0 Å². The van der Waals surface area contributed by atoms with E-state index in [0.717, 1.165) is 12.8 Å². The molecule has 1 aliphatic rings. The first kappa shape index (κ1) is 32.3. The molecular weight excluding hydrogens is 556 g/mol. The molecule has 6 aromatic rings. The average Bonchev–Trinajstić information content (AvgIpc) is 3.53. The van der Waals surface area contributed by atoms with E-state index in [1.165, 1.54) is 77.9 Å². The van der Waals surface area contributed by atoms with Gasteiger partial charge in [-0.1, -0.05) is 92.8 Å². The van der Waals surface area contributed by atoms with Crippen molar-refractivity contribution >= 4 is 34.0 Å². The minimum atomic E-state index is 1.05. The van der Waals surface area contributed by atoms with Gasteiger partial charge in [0.05, 0.1) is 16.7 Å². The van der Waals surface area contributed by atoms with Gasteiger partial charge >= 0.3 is 0 Å². The van der Waals surface area contributed by atoms with Gasteiger partial charge in [0.25, 0.3) is 0 Å². The molecule has 0 radical (unpaired) electrons. The third-order valence-electron chi connectivity index (χ3n) is 8.80. The lowest BCUT2D eigenvalue weighted by atomic mass is 9.95. The first-order valence-electron chi connectivity index (χ1n) is 16.5. The highest BCUT2D eigenvalue weighted by Crippen LogP contribution is 2.36. The molecule has 2 heterocycles. The molecule has 0 aliphatic heterocycles. The van der Waals surface area contributed by atoms with Gasteiger partial charge in [-0.2, -0.15) is 0 Å². The summed E-state index contributed by atoms with van der Waals surface area (Å²) >= 11 is 0. The molecule has 0 fully saturated rings. The predicted octanol–water partition coefficient (Wildman–Crippen LogP) is 12.5. The van der Waals surface area contributed by atoms with Crippen LogP contribution in [0.2, 0.25) is 0 Å². The summed E-state index contributed by atoms with van der Waals surface area (Å²) in [4.78, 5) is 0. The fourth-order valence-corrected chi connectivity index (χ4v) is 6.87. The molecule has 0 saturated carbocycles. The highest BCUT2D eigenvalue weighted by atomic mass is 15.0. The van der Waals surface area contributed by atoms with Crippen LogP contribution in [0.3, 0.4) is 0 Å². The Morgan fingerprint density at radius 3 is 1.85 bits per heavy atom. The van der Waals surface area contributed by atoms with Crippen molar-refractivity contribution in [2.45, 2.75) is 54.4 Å².